The molecule has 3 N–H and O–H groups in total. The Hall–Kier alpha value is -2.43. The molecule has 1 aromatic heterocycles. The van der Waals surface area contributed by atoms with Gasteiger partial charge in [0.1, 0.15) is 11.5 Å². The molecule has 0 aliphatic heterocycles. The molecule has 0 aliphatic carbocycles. The third kappa shape index (κ3) is 2.45. The Balaban J connectivity index is 2.22. The first-order valence-electron chi connectivity index (χ1n) is 5.36. The molecule has 2 rings (SSSR count). The summed E-state index contributed by atoms with van der Waals surface area (Å²) in [6.45, 7) is 1.79. The fourth-order valence-electron chi connectivity index (χ4n) is 1.54. The molecule has 1 amide bonds. The average molecular weight is 245 g/mol. The van der Waals surface area contributed by atoms with Gasteiger partial charge in [0.25, 0.3) is 5.91 Å². The smallest absolute Gasteiger partial charge is 0.274 e. The SMILES string of the molecule is Cc1cccnc1C(=O)Nc1ccc(F)c(N)c1. The molecule has 0 radical (unpaired) electrons. The molecule has 4 nitrogen and oxygen atoms in total. The lowest BCUT2D eigenvalue weighted by atomic mass is 10.2. The number of aryl methyl sites for hydroxylation is 1. The average Bonchev–Trinajstić information content (AvgIpc) is 2.34. The van der Waals surface area contributed by atoms with Gasteiger partial charge in [-0.3, -0.25) is 9.78 Å². The van der Waals surface area contributed by atoms with Crippen LogP contribution in [0.5, 0.6) is 0 Å². The van der Waals surface area contributed by atoms with Crippen LogP contribution in [0.4, 0.5) is 15.8 Å². The number of nitrogens with two attached hydrogens (primary N) is 1. The third-order valence-electron chi connectivity index (χ3n) is 2.48. The number of nitrogens with one attached hydrogen (secondary N) is 1. The zero-order chi connectivity index (χ0) is 13.1. The minimum absolute atomic E-state index is 0.00876. The van der Waals surface area contributed by atoms with Crippen LogP contribution in [0.2, 0.25) is 0 Å². The van der Waals surface area contributed by atoms with Crippen molar-refractivity contribution in [3.05, 3.63) is 53.6 Å². The van der Waals surface area contributed by atoms with Gasteiger partial charge in [-0.25, -0.2) is 4.39 Å². The largest absolute Gasteiger partial charge is 0.396 e. The summed E-state index contributed by atoms with van der Waals surface area (Å²) in [6, 6.07) is 7.56. The van der Waals surface area contributed by atoms with Gasteiger partial charge in [0.15, 0.2) is 0 Å². The van der Waals surface area contributed by atoms with Gasteiger partial charge in [-0.2, -0.15) is 0 Å². The minimum atomic E-state index is -0.512. The van der Waals surface area contributed by atoms with E-state index in [4.69, 9.17) is 5.73 Å². The van der Waals surface area contributed by atoms with Crippen molar-refractivity contribution >= 4 is 17.3 Å². The van der Waals surface area contributed by atoms with Crippen molar-refractivity contribution in [2.75, 3.05) is 11.1 Å². The van der Waals surface area contributed by atoms with E-state index in [2.05, 4.69) is 10.3 Å². The number of amides is 1. The Morgan fingerprint density at radius 2 is 2.17 bits per heavy atom. The number of anilines is 2. The monoisotopic (exact) mass is 245 g/mol. The molecular weight excluding hydrogens is 233 g/mol. The molecule has 0 aliphatic rings. The van der Waals surface area contributed by atoms with Gasteiger partial charge in [0.05, 0.1) is 5.69 Å². The summed E-state index contributed by atoms with van der Waals surface area (Å²) < 4.78 is 13.0. The van der Waals surface area contributed by atoms with Gasteiger partial charge in [-0.1, -0.05) is 6.07 Å². The first kappa shape index (κ1) is 12.0. The van der Waals surface area contributed by atoms with Crippen molar-refractivity contribution in [1.82, 2.24) is 4.98 Å². The first-order chi connectivity index (χ1) is 8.58. The fraction of sp³-hybridized carbons (Fsp3) is 0.0769. The Labute approximate surface area is 104 Å². The zero-order valence-electron chi connectivity index (χ0n) is 9.77. The van der Waals surface area contributed by atoms with Gasteiger partial charge >= 0.3 is 0 Å². The number of pyridine rings is 1. The van der Waals surface area contributed by atoms with Crippen molar-refractivity contribution in [3.63, 3.8) is 0 Å². The lowest BCUT2D eigenvalue weighted by Gasteiger charge is -2.07. The van der Waals surface area contributed by atoms with Crippen LogP contribution < -0.4 is 11.1 Å². The van der Waals surface area contributed by atoms with E-state index in [0.717, 1.165) is 5.56 Å². The molecule has 0 spiro atoms. The predicted molar refractivity (Wildman–Crippen MR) is 67.7 cm³/mol. The molecule has 2 aromatic rings. The molecule has 1 aromatic carbocycles. The van der Waals surface area contributed by atoms with E-state index in [1.807, 2.05) is 0 Å². The number of carbonyl (C=O) groups is 1. The van der Waals surface area contributed by atoms with E-state index in [9.17, 15) is 9.18 Å². The molecular formula is C13H12FN3O. The van der Waals surface area contributed by atoms with E-state index in [-0.39, 0.29) is 11.6 Å². The highest BCUT2D eigenvalue weighted by atomic mass is 19.1. The third-order valence-corrected chi connectivity index (χ3v) is 2.48. The van der Waals surface area contributed by atoms with Crippen LogP contribution in [0.3, 0.4) is 0 Å². The Bertz CT molecular complexity index is 599. The number of hydrogen-bond donors (Lipinski definition) is 2. The van der Waals surface area contributed by atoms with Crippen LogP contribution in [0.25, 0.3) is 0 Å². The van der Waals surface area contributed by atoms with Crippen molar-refractivity contribution in [2.45, 2.75) is 6.92 Å². The fourth-order valence-corrected chi connectivity index (χ4v) is 1.54. The Kier molecular flexibility index (Phi) is 3.23. The van der Waals surface area contributed by atoms with Gasteiger partial charge < -0.3 is 11.1 Å². The van der Waals surface area contributed by atoms with Gasteiger partial charge in [0.2, 0.25) is 0 Å². The van der Waals surface area contributed by atoms with E-state index < -0.39 is 5.82 Å². The van der Waals surface area contributed by atoms with Gasteiger partial charge in [0, 0.05) is 11.9 Å². The maximum atomic E-state index is 13.0. The highest BCUT2D eigenvalue weighted by molar-refractivity contribution is 6.03. The molecule has 0 unspecified atom stereocenters. The normalized spacial score (nSPS) is 10.1. The molecule has 5 heteroatoms. The van der Waals surface area contributed by atoms with Crippen LogP contribution in [0, 0.1) is 12.7 Å². The number of nitrogens with zero attached hydrogens (tertiary/aromatic N) is 1. The van der Waals surface area contributed by atoms with Crippen LogP contribution in [0.15, 0.2) is 36.5 Å². The molecule has 0 saturated carbocycles. The molecule has 1 heterocycles. The highest BCUT2D eigenvalue weighted by Crippen LogP contribution is 2.17. The van der Waals surface area contributed by atoms with Crippen LogP contribution in [-0.2, 0) is 0 Å². The lowest BCUT2D eigenvalue weighted by molar-refractivity contribution is 0.102. The van der Waals surface area contributed by atoms with E-state index in [0.29, 0.717) is 11.4 Å². The number of halogens is 1. The number of hydrogen-bond acceptors (Lipinski definition) is 3. The lowest BCUT2D eigenvalue weighted by Crippen LogP contribution is -2.15. The number of aromatic nitrogens is 1. The molecule has 0 fully saturated rings. The minimum Gasteiger partial charge on any atom is -0.396 e. The number of rotatable bonds is 2. The van der Waals surface area contributed by atoms with Crippen molar-refractivity contribution in [1.29, 1.82) is 0 Å². The van der Waals surface area contributed by atoms with E-state index in [1.54, 1.807) is 25.3 Å². The summed E-state index contributed by atoms with van der Waals surface area (Å²) in [6.07, 6.45) is 1.54. The summed E-state index contributed by atoms with van der Waals surface area (Å²) in [5.41, 5.74) is 6.95. The van der Waals surface area contributed by atoms with E-state index in [1.165, 1.54) is 18.2 Å². The van der Waals surface area contributed by atoms with Crippen molar-refractivity contribution in [3.8, 4) is 0 Å². The second kappa shape index (κ2) is 4.83. The molecule has 0 bridgehead atoms. The molecule has 0 saturated heterocycles. The van der Waals surface area contributed by atoms with E-state index >= 15 is 0 Å². The molecule has 92 valence electrons. The Morgan fingerprint density at radius 1 is 1.39 bits per heavy atom. The summed E-state index contributed by atoms with van der Waals surface area (Å²) in [5, 5.41) is 2.62. The maximum Gasteiger partial charge on any atom is 0.274 e. The summed E-state index contributed by atoms with van der Waals surface area (Å²) in [7, 11) is 0. The van der Waals surface area contributed by atoms with Crippen molar-refractivity contribution in [2.24, 2.45) is 0 Å². The second-order valence-electron chi connectivity index (χ2n) is 3.86. The number of nitrogen functional groups attached to an aromatic ring is 1. The van der Waals surface area contributed by atoms with Gasteiger partial charge in [-0.05, 0) is 36.8 Å². The summed E-state index contributed by atoms with van der Waals surface area (Å²) in [4.78, 5) is 15.9. The van der Waals surface area contributed by atoms with Crippen LogP contribution in [0.1, 0.15) is 16.1 Å². The van der Waals surface area contributed by atoms with Crippen molar-refractivity contribution < 1.29 is 9.18 Å². The first-order valence-corrected chi connectivity index (χ1v) is 5.36. The van der Waals surface area contributed by atoms with Crippen LogP contribution in [-0.4, -0.2) is 10.9 Å². The Morgan fingerprint density at radius 3 is 2.83 bits per heavy atom. The van der Waals surface area contributed by atoms with Gasteiger partial charge in [-0.15, -0.1) is 0 Å². The molecule has 18 heavy (non-hydrogen) atoms. The zero-order valence-corrected chi connectivity index (χ0v) is 9.77. The van der Waals surface area contributed by atoms with Crippen LogP contribution >= 0.6 is 0 Å². The molecule has 0 atom stereocenters. The second-order valence-corrected chi connectivity index (χ2v) is 3.86. The summed E-state index contributed by atoms with van der Waals surface area (Å²) in [5.74, 6) is -0.860. The number of carbonyl (C=O) groups excluding carboxylic acids is 1. The maximum absolute atomic E-state index is 13.0. The predicted octanol–water partition coefficient (Wildman–Crippen LogP) is 2.36. The summed E-state index contributed by atoms with van der Waals surface area (Å²) >= 11 is 0. The number of benzene rings is 1. The quantitative estimate of drug-likeness (QED) is 0.798. The highest BCUT2D eigenvalue weighted by Gasteiger charge is 2.10. The standard InChI is InChI=1S/C13H12FN3O/c1-8-3-2-6-16-12(8)13(18)17-9-4-5-10(14)11(15)7-9/h2-7H,15H2,1H3,(H,17,18). The topological polar surface area (TPSA) is 68.0 Å².